The average Bonchev–Trinajstić information content (AvgIpc) is 2.87. The van der Waals surface area contributed by atoms with E-state index in [2.05, 4.69) is 5.32 Å². The Balaban J connectivity index is 1.62. The summed E-state index contributed by atoms with van der Waals surface area (Å²) in [5.41, 5.74) is 0.870. The van der Waals surface area contributed by atoms with Crippen molar-refractivity contribution in [3.05, 3.63) is 84.4 Å². The molecule has 35 heavy (non-hydrogen) atoms. The van der Waals surface area contributed by atoms with Gasteiger partial charge in [-0.3, -0.25) is 4.79 Å². The molecule has 1 N–H and O–H groups in total. The quantitative estimate of drug-likeness (QED) is 0.329. The Kier molecular flexibility index (Phi) is 9.69. The van der Waals surface area contributed by atoms with E-state index in [-0.39, 0.29) is 17.4 Å². The van der Waals surface area contributed by atoms with Crippen LogP contribution in [0, 0.1) is 0 Å². The molecule has 0 aliphatic heterocycles. The molecule has 3 rings (SSSR count). The minimum Gasteiger partial charge on any atom is -0.490 e. The Hall–Kier alpha value is -3.36. The highest BCUT2D eigenvalue weighted by atomic mass is 32.2. The monoisotopic (exact) mass is 496 g/mol. The third-order valence-electron chi connectivity index (χ3n) is 5.18. The van der Waals surface area contributed by atoms with Crippen molar-refractivity contribution < 1.29 is 22.7 Å². The molecule has 0 saturated heterocycles. The molecule has 0 radical (unpaired) electrons. The molecule has 0 spiro atoms. The van der Waals surface area contributed by atoms with E-state index in [4.69, 9.17) is 9.47 Å². The van der Waals surface area contributed by atoms with Gasteiger partial charge in [0.25, 0.3) is 5.91 Å². The van der Waals surface area contributed by atoms with Crippen LogP contribution in [-0.2, 0) is 10.0 Å². The number of benzene rings is 3. The molecular weight excluding hydrogens is 464 g/mol. The number of anilines is 1. The summed E-state index contributed by atoms with van der Waals surface area (Å²) in [6, 6.07) is 22.6. The van der Waals surface area contributed by atoms with E-state index >= 15 is 0 Å². The molecule has 0 fully saturated rings. The number of carbonyl (C=O) groups excluding carboxylic acids is 1. The molecule has 0 aliphatic carbocycles. The minimum absolute atomic E-state index is 0.208. The Bertz CT molecular complexity index is 1180. The molecular formula is C27H32N2O5S. The van der Waals surface area contributed by atoms with Crippen LogP contribution in [-0.4, -0.2) is 44.9 Å². The summed E-state index contributed by atoms with van der Waals surface area (Å²) >= 11 is 0. The first-order valence-corrected chi connectivity index (χ1v) is 13.2. The normalized spacial score (nSPS) is 11.3. The highest BCUT2D eigenvalue weighted by molar-refractivity contribution is 7.89. The molecule has 0 saturated carbocycles. The number of para-hydroxylation sites is 2. The molecule has 8 heteroatoms. The third-order valence-corrected chi connectivity index (χ3v) is 7.09. The van der Waals surface area contributed by atoms with Crippen molar-refractivity contribution in [3.8, 4) is 11.5 Å². The number of hydrogen-bond donors (Lipinski definition) is 1. The summed E-state index contributed by atoms with van der Waals surface area (Å²) in [6.07, 6.45) is 1.49. The van der Waals surface area contributed by atoms with Gasteiger partial charge in [0.05, 0.1) is 10.5 Å². The van der Waals surface area contributed by atoms with Gasteiger partial charge in [0.2, 0.25) is 10.0 Å². The summed E-state index contributed by atoms with van der Waals surface area (Å²) in [5, 5.41) is 2.81. The van der Waals surface area contributed by atoms with Gasteiger partial charge in [0.1, 0.15) is 24.7 Å². The molecule has 0 heterocycles. The lowest BCUT2D eigenvalue weighted by Crippen LogP contribution is -2.32. The summed E-state index contributed by atoms with van der Waals surface area (Å²) in [5.74, 6) is 0.842. The number of nitrogens with zero attached hydrogens (tertiary/aromatic N) is 1. The van der Waals surface area contributed by atoms with Gasteiger partial charge in [-0.2, -0.15) is 4.31 Å². The van der Waals surface area contributed by atoms with E-state index in [1.54, 1.807) is 36.4 Å². The van der Waals surface area contributed by atoms with Crippen LogP contribution in [0.5, 0.6) is 11.5 Å². The van der Waals surface area contributed by atoms with E-state index in [1.165, 1.54) is 16.4 Å². The third kappa shape index (κ3) is 7.31. The Morgan fingerprint density at radius 3 is 2.06 bits per heavy atom. The first-order valence-electron chi connectivity index (χ1n) is 11.8. The zero-order valence-corrected chi connectivity index (χ0v) is 21.0. The second-order valence-electron chi connectivity index (χ2n) is 7.89. The maximum Gasteiger partial charge on any atom is 0.259 e. The van der Waals surface area contributed by atoms with E-state index in [0.717, 1.165) is 18.6 Å². The van der Waals surface area contributed by atoms with E-state index in [9.17, 15) is 13.2 Å². The fraction of sp³-hybridized carbons (Fsp3) is 0.296. The Labute approximate surface area is 207 Å². The number of ether oxygens (including phenoxy) is 2. The fourth-order valence-electron chi connectivity index (χ4n) is 3.52. The van der Waals surface area contributed by atoms with E-state index in [1.807, 2.05) is 44.2 Å². The van der Waals surface area contributed by atoms with Gasteiger partial charge >= 0.3 is 0 Å². The highest BCUT2D eigenvalue weighted by Gasteiger charge is 2.23. The molecule has 186 valence electrons. The van der Waals surface area contributed by atoms with Crippen LogP contribution in [0.4, 0.5) is 5.69 Å². The summed E-state index contributed by atoms with van der Waals surface area (Å²) in [6.45, 7) is 5.47. The summed E-state index contributed by atoms with van der Waals surface area (Å²) in [4.78, 5) is 13.1. The standard InChI is InChI=1S/C27H32N2O5S/c1-3-18-29(19-4-2)35(31,32)24-16-14-22(15-17-24)28-27(30)25-12-8-9-13-26(25)34-21-20-33-23-10-6-5-7-11-23/h5-17H,3-4,18-21H2,1-2H3,(H,28,30). The SMILES string of the molecule is CCCN(CCC)S(=O)(=O)c1ccc(NC(=O)c2ccccc2OCCOc2ccccc2)cc1. The zero-order chi connectivity index (χ0) is 25.1. The maximum atomic E-state index is 12.9. The van der Waals surface area contributed by atoms with E-state index in [0.29, 0.717) is 36.7 Å². The van der Waals surface area contributed by atoms with Gasteiger partial charge in [-0.1, -0.05) is 44.2 Å². The van der Waals surface area contributed by atoms with Crippen LogP contribution in [0.25, 0.3) is 0 Å². The second-order valence-corrected chi connectivity index (χ2v) is 9.83. The lowest BCUT2D eigenvalue weighted by atomic mass is 10.2. The zero-order valence-electron chi connectivity index (χ0n) is 20.1. The van der Waals surface area contributed by atoms with Gasteiger partial charge in [0, 0.05) is 18.8 Å². The van der Waals surface area contributed by atoms with Gasteiger partial charge in [0.15, 0.2) is 0 Å². The predicted octanol–water partition coefficient (Wildman–Crippen LogP) is 5.21. The Morgan fingerprint density at radius 2 is 1.40 bits per heavy atom. The minimum atomic E-state index is -3.57. The number of rotatable bonds is 13. The predicted molar refractivity (Wildman–Crippen MR) is 138 cm³/mol. The van der Waals surface area contributed by atoms with Crippen LogP contribution in [0.1, 0.15) is 37.0 Å². The van der Waals surface area contributed by atoms with Crippen LogP contribution < -0.4 is 14.8 Å². The molecule has 0 aliphatic rings. The summed E-state index contributed by atoms with van der Waals surface area (Å²) < 4.78 is 38.8. The first kappa shape index (κ1) is 26.2. The number of amides is 1. The first-order chi connectivity index (χ1) is 17.0. The van der Waals surface area contributed by atoms with Crippen molar-refractivity contribution in [1.82, 2.24) is 4.31 Å². The van der Waals surface area contributed by atoms with Crippen LogP contribution in [0.3, 0.4) is 0 Å². The lowest BCUT2D eigenvalue weighted by molar-refractivity contribution is 0.102. The van der Waals surface area contributed by atoms with Crippen molar-refractivity contribution in [2.24, 2.45) is 0 Å². The molecule has 3 aromatic carbocycles. The molecule has 1 amide bonds. The molecule has 0 unspecified atom stereocenters. The van der Waals surface area contributed by atoms with Gasteiger partial charge < -0.3 is 14.8 Å². The van der Waals surface area contributed by atoms with Crippen molar-refractivity contribution >= 4 is 21.6 Å². The van der Waals surface area contributed by atoms with Gasteiger partial charge in [-0.05, 0) is 61.4 Å². The Morgan fingerprint density at radius 1 is 0.800 bits per heavy atom. The van der Waals surface area contributed by atoms with Gasteiger partial charge in [-0.25, -0.2) is 8.42 Å². The molecule has 0 atom stereocenters. The highest BCUT2D eigenvalue weighted by Crippen LogP contribution is 2.22. The molecule has 0 aromatic heterocycles. The molecule has 7 nitrogen and oxygen atoms in total. The number of sulfonamides is 1. The van der Waals surface area contributed by atoms with Crippen molar-refractivity contribution in [2.45, 2.75) is 31.6 Å². The van der Waals surface area contributed by atoms with Crippen LogP contribution in [0.2, 0.25) is 0 Å². The largest absolute Gasteiger partial charge is 0.490 e. The fourth-order valence-corrected chi connectivity index (χ4v) is 5.14. The second kappa shape index (κ2) is 12.9. The number of nitrogens with one attached hydrogen (secondary N) is 1. The van der Waals surface area contributed by atoms with E-state index < -0.39 is 10.0 Å². The lowest BCUT2D eigenvalue weighted by Gasteiger charge is -2.21. The maximum absolute atomic E-state index is 12.9. The van der Waals surface area contributed by atoms with Gasteiger partial charge in [-0.15, -0.1) is 0 Å². The molecule has 0 bridgehead atoms. The smallest absolute Gasteiger partial charge is 0.259 e. The number of carbonyl (C=O) groups is 1. The number of hydrogen-bond acceptors (Lipinski definition) is 5. The van der Waals surface area contributed by atoms with Crippen molar-refractivity contribution in [3.63, 3.8) is 0 Å². The molecule has 3 aromatic rings. The average molecular weight is 497 g/mol. The topological polar surface area (TPSA) is 84.9 Å². The van der Waals surface area contributed by atoms with Crippen LogP contribution >= 0.6 is 0 Å². The van der Waals surface area contributed by atoms with Crippen molar-refractivity contribution in [1.29, 1.82) is 0 Å². The van der Waals surface area contributed by atoms with Crippen molar-refractivity contribution in [2.75, 3.05) is 31.6 Å². The summed E-state index contributed by atoms with van der Waals surface area (Å²) in [7, 11) is -3.57. The van der Waals surface area contributed by atoms with Crippen LogP contribution in [0.15, 0.2) is 83.8 Å².